The van der Waals surface area contributed by atoms with Gasteiger partial charge in [-0.15, -0.1) is 0 Å². The lowest BCUT2D eigenvalue weighted by Gasteiger charge is -2.31. The van der Waals surface area contributed by atoms with Gasteiger partial charge in [0.15, 0.2) is 0 Å². The number of carbonyl (C=O) groups excluding carboxylic acids is 1. The van der Waals surface area contributed by atoms with Crippen LogP contribution in [-0.2, 0) is 9.53 Å². The molecule has 0 aliphatic carbocycles. The molecule has 1 saturated heterocycles. The van der Waals surface area contributed by atoms with Gasteiger partial charge in [0.05, 0.1) is 30.0 Å². The van der Waals surface area contributed by atoms with Crippen molar-refractivity contribution in [3.05, 3.63) is 42.4 Å². The van der Waals surface area contributed by atoms with Crippen LogP contribution in [0.25, 0.3) is 11.3 Å². The molecular weight excluding hydrogens is 410 g/mol. The van der Waals surface area contributed by atoms with Crippen molar-refractivity contribution < 1.29 is 19.4 Å². The van der Waals surface area contributed by atoms with Crippen LogP contribution in [0.1, 0.15) is 51.6 Å². The van der Waals surface area contributed by atoms with Crippen LogP contribution < -0.4 is 5.32 Å². The van der Waals surface area contributed by atoms with E-state index in [9.17, 15) is 14.7 Å². The molecule has 9 heteroatoms. The van der Waals surface area contributed by atoms with Gasteiger partial charge in [0, 0.05) is 18.3 Å². The molecule has 1 fully saturated rings. The minimum absolute atomic E-state index is 0.263. The summed E-state index contributed by atoms with van der Waals surface area (Å²) in [5.41, 5.74) is 1.92. The lowest BCUT2D eigenvalue weighted by atomic mass is 9.96. The largest absolute Gasteiger partial charge is 0.481 e. The molecule has 0 bridgehead atoms. The number of hydrogen-bond donors (Lipinski definition) is 2. The van der Waals surface area contributed by atoms with Crippen molar-refractivity contribution in [2.75, 3.05) is 19.6 Å². The zero-order valence-corrected chi connectivity index (χ0v) is 18.8. The zero-order chi connectivity index (χ0) is 23.1. The van der Waals surface area contributed by atoms with Crippen LogP contribution in [0.15, 0.2) is 36.8 Å². The Balaban J connectivity index is 1.68. The zero-order valence-electron chi connectivity index (χ0n) is 18.8. The van der Waals surface area contributed by atoms with Crippen molar-refractivity contribution in [1.82, 2.24) is 25.4 Å². The highest BCUT2D eigenvalue weighted by Gasteiger charge is 2.26. The molecule has 2 N–H and O–H groups in total. The van der Waals surface area contributed by atoms with E-state index in [4.69, 9.17) is 4.74 Å². The minimum Gasteiger partial charge on any atom is -0.481 e. The number of alkyl carbamates (subject to hydrolysis) is 1. The average molecular weight is 442 g/mol. The van der Waals surface area contributed by atoms with Gasteiger partial charge in [0.2, 0.25) is 0 Å². The summed E-state index contributed by atoms with van der Waals surface area (Å²) in [6.07, 6.45) is 6.51. The smallest absolute Gasteiger partial charge is 0.408 e. The van der Waals surface area contributed by atoms with Crippen LogP contribution in [0.2, 0.25) is 0 Å². The number of nitrogens with one attached hydrogen (secondary N) is 1. The maximum atomic E-state index is 12.5. The molecule has 1 atom stereocenters. The van der Waals surface area contributed by atoms with Crippen LogP contribution in [0.4, 0.5) is 4.79 Å². The van der Waals surface area contributed by atoms with Crippen molar-refractivity contribution in [1.29, 1.82) is 0 Å². The van der Waals surface area contributed by atoms with Crippen LogP contribution in [0, 0.1) is 5.92 Å². The van der Waals surface area contributed by atoms with Gasteiger partial charge in [-0.1, -0.05) is 6.07 Å². The molecule has 0 spiro atoms. The van der Waals surface area contributed by atoms with E-state index in [1.807, 2.05) is 39.0 Å². The van der Waals surface area contributed by atoms with E-state index < -0.39 is 17.7 Å². The van der Waals surface area contributed by atoms with Crippen molar-refractivity contribution in [3.63, 3.8) is 0 Å². The molecule has 0 unspecified atom stereocenters. The van der Waals surface area contributed by atoms with E-state index in [1.54, 1.807) is 18.6 Å². The molecule has 3 rings (SSSR count). The van der Waals surface area contributed by atoms with Crippen molar-refractivity contribution in [3.8, 4) is 11.3 Å². The van der Waals surface area contributed by atoms with Crippen molar-refractivity contribution in [2.45, 2.75) is 51.7 Å². The first-order valence-electron chi connectivity index (χ1n) is 10.9. The van der Waals surface area contributed by atoms with E-state index in [-0.39, 0.29) is 12.0 Å². The molecule has 2 aromatic rings. The number of amides is 1. The molecule has 0 aromatic carbocycles. The predicted octanol–water partition coefficient (Wildman–Crippen LogP) is 3.29. The van der Waals surface area contributed by atoms with Crippen LogP contribution in [-0.4, -0.2) is 62.5 Å². The molecular formula is C23H31N5O4. The van der Waals surface area contributed by atoms with Crippen LogP contribution >= 0.6 is 0 Å². The maximum Gasteiger partial charge on any atom is 0.408 e. The Morgan fingerprint density at radius 2 is 1.94 bits per heavy atom. The third-order valence-electron chi connectivity index (χ3n) is 5.43. The molecule has 2 aromatic heterocycles. The first-order chi connectivity index (χ1) is 15.2. The normalized spacial score (nSPS) is 16.3. The third kappa shape index (κ3) is 6.98. The van der Waals surface area contributed by atoms with Gasteiger partial charge in [-0.3, -0.25) is 9.78 Å². The summed E-state index contributed by atoms with van der Waals surface area (Å²) in [6.45, 7) is 7.70. The molecule has 3 heterocycles. The van der Waals surface area contributed by atoms with Crippen molar-refractivity contribution >= 4 is 12.1 Å². The summed E-state index contributed by atoms with van der Waals surface area (Å²) in [6, 6.07) is 5.40. The van der Waals surface area contributed by atoms with Gasteiger partial charge in [-0.25, -0.2) is 4.79 Å². The van der Waals surface area contributed by atoms with Gasteiger partial charge >= 0.3 is 12.1 Å². The van der Waals surface area contributed by atoms with Gasteiger partial charge in [-0.05, 0) is 70.8 Å². The topological polar surface area (TPSA) is 118 Å². The summed E-state index contributed by atoms with van der Waals surface area (Å²) in [5.74, 6) is -0.981. The monoisotopic (exact) mass is 441 g/mol. The molecule has 172 valence electrons. The Hall–Kier alpha value is -3.07. The molecule has 32 heavy (non-hydrogen) atoms. The fraction of sp³-hybridized carbons (Fsp3) is 0.522. The Morgan fingerprint density at radius 3 is 2.50 bits per heavy atom. The predicted molar refractivity (Wildman–Crippen MR) is 119 cm³/mol. The van der Waals surface area contributed by atoms with Gasteiger partial charge < -0.3 is 20.1 Å². The molecule has 9 nitrogen and oxygen atoms in total. The third-order valence-corrected chi connectivity index (χ3v) is 5.43. The number of piperidine rings is 1. The number of nitrogens with zero attached hydrogens (tertiary/aromatic N) is 4. The summed E-state index contributed by atoms with van der Waals surface area (Å²) in [4.78, 5) is 30.4. The number of carboxylic acids is 1. The van der Waals surface area contributed by atoms with Crippen LogP contribution in [0.5, 0.6) is 0 Å². The standard InChI is InChI=1S/C23H31N5O4/c1-23(2,3)32-22(31)27-20(9-13-28-11-7-16(8-12-28)21(29)30)17-4-5-19(24-14-17)18-6-10-25-26-15-18/h4-6,10,14-16,20H,7-9,11-13H2,1-3H3,(H,27,31)(H,29,30)/t20-/m1/s1. The maximum absolute atomic E-state index is 12.5. The number of hydrogen-bond acceptors (Lipinski definition) is 7. The Kier molecular flexibility index (Phi) is 7.74. The fourth-order valence-corrected chi connectivity index (χ4v) is 3.71. The van der Waals surface area contributed by atoms with Gasteiger partial charge in [0.25, 0.3) is 0 Å². The van der Waals surface area contributed by atoms with E-state index in [2.05, 4.69) is 25.4 Å². The lowest BCUT2D eigenvalue weighted by Crippen LogP contribution is -2.39. The first kappa shape index (κ1) is 23.6. The minimum atomic E-state index is -0.718. The summed E-state index contributed by atoms with van der Waals surface area (Å²) >= 11 is 0. The second kappa shape index (κ2) is 10.5. The number of carboxylic acid groups (broad SMARTS) is 1. The number of carbonyl (C=O) groups is 2. The summed E-state index contributed by atoms with van der Waals surface area (Å²) in [5, 5.41) is 19.8. The molecule has 1 aliphatic rings. The highest BCUT2D eigenvalue weighted by Crippen LogP contribution is 2.23. The highest BCUT2D eigenvalue weighted by atomic mass is 16.6. The molecule has 0 saturated carbocycles. The van der Waals surface area contributed by atoms with E-state index >= 15 is 0 Å². The average Bonchev–Trinajstić information content (AvgIpc) is 2.76. The fourth-order valence-electron chi connectivity index (χ4n) is 3.71. The number of aromatic nitrogens is 3. The Labute approximate surface area is 188 Å². The first-order valence-corrected chi connectivity index (χ1v) is 10.9. The lowest BCUT2D eigenvalue weighted by molar-refractivity contribution is -0.143. The quantitative estimate of drug-likeness (QED) is 0.672. The van der Waals surface area contributed by atoms with E-state index in [0.717, 1.165) is 36.5 Å². The molecule has 0 radical (unpaired) electrons. The van der Waals surface area contributed by atoms with Gasteiger partial charge in [0.1, 0.15) is 5.60 Å². The molecule has 1 amide bonds. The number of rotatable bonds is 7. The second-order valence-electron chi connectivity index (χ2n) is 9.05. The summed E-state index contributed by atoms with van der Waals surface area (Å²) < 4.78 is 5.45. The second-order valence-corrected chi connectivity index (χ2v) is 9.05. The van der Waals surface area contributed by atoms with Crippen molar-refractivity contribution in [2.24, 2.45) is 5.92 Å². The van der Waals surface area contributed by atoms with Gasteiger partial charge in [-0.2, -0.15) is 10.2 Å². The van der Waals surface area contributed by atoms with E-state index in [0.29, 0.717) is 19.3 Å². The number of ether oxygens (including phenoxy) is 1. The highest BCUT2D eigenvalue weighted by molar-refractivity contribution is 5.70. The number of likely N-dealkylation sites (tertiary alicyclic amines) is 1. The Bertz CT molecular complexity index is 891. The van der Waals surface area contributed by atoms with Crippen LogP contribution in [0.3, 0.4) is 0 Å². The van der Waals surface area contributed by atoms with E-state index in [1.165, 1.54) is 0 Å². The molecule has 1 aliphatic heterocycles. The Morgan fingerprint density at radius 1 is 1.19 bits per heavy atom. The number of aliphatic carboxylic acids is 1. The summed E-state index contributed by atoms with van der Waals surface area (Å²) in [7, 11) is 0. The SMILES string of the molecule is CC(C)(C)OC(=O)N[C@H](CCN1CCC(C(=O)O)CC1)c1ccc(-c2ccnnc2)nc1. The number of pyridine rings is 1.